The van der Waals surface area contributed by atoms with Gasteiger partial charge in [-0.3, -0.25) is 4.79 Å². The van der Waals surface area contributed by atoms with Crippen LogP contribution in [0.5, 0.6) is 0 Å². The molecule has 3 heterocycles. The van der Waals surface area contributed by atoms with Crippen LogP contribution in [0.2, 0.25) is 0 Å². The molecule has 2 aromatic heterocycles. The highest BCUT2D eigenvalue weighted by Gasteiger charge is 2.35. The van der Waals surface area contributed by atoms with Crippen molar-refractivity contribution in [3.8, 4) is 0 Å². The van der Waals surface area contributed by atoms with E-state index < -0.39 is 17.5 Å². The molecule has 0 unspecified atom stereocenters. The number of alkyl carbamates (subject to hydrolysis) is 1. The molecule has 1 aliphatic rings. The quantitative estimate of drug-likeness (QED) is 0.427. The lowest BCUT2D eigenvalue weighted by atomic mass is 10.1. The highest BCUT2D eigenvalue weighted by atomic mass is 127. The SMILES string of the molecule is CC(C)(C)OC(=O)NC1CN(C(=O)c2c(Nc3ccc(I)cc3F)sc3ncccc23)C1. The number of hydrogen-bond donors (Lipinski definition) is 2. The fourth-order valence-electron chi connectivity index (χ4n) is 3.31. The van der Waals surface area contributed by atoms with Crippen molar-refractivity contribution in [1.29, 1.82) is 0 Å². The third-order valence-corrected chi connectivity index (χ3v) is 6.45. The van der Waals surface area contributed by atoms with Gasteiger partial charge in [-0.15, -0.1) is 0 Å². The van der Waals surface area contributed by atoms with Gasteiger partial charge in [0, 0.05) is 28.2 Å². The summed E-state index contributed by atoms with van der Waals surface area (Å²) in [5.41, 5.74) is 0.156. The Labute approximate surface area is 202 Å². The zero-order chi connectivity index (χ0) is 23.0. The number of fused-ring (bicyclic) bond motifs is 1. The van der Waals surface area contributed by atoms with Crippen LogP contribution in [0.25, 0.3) is 10.2 Å². The van der Waals surface area contributed by atoms with Crippen LogP contribution < -0.4 is 10.6 Å². The van der Waals surface area contributed by atoms with E-state index in [4.69, 9.17) is 4.74 Å². The number of ether oxygens (including phenoxy) is 1. The molecule has 1 saturated heterocycles. The van der Waals surface area contributed by atoms with Gasteiger partial charge >= 0.3 is 6.09 Å². The zero-order valence-electron chi connectivity index (χ0n) is 17.7. The number of carbonyl (C=O) groups is 2. The van der Waals surface area contributed by atoms with Crippen molar-refractivity contribution in [3.63, 3.8) is 0 Å². The maximum atomic E-state index is 14.4. The first-order chi connectivity index (χ1) is 15.1. The van der Waals surface area contributed by atoms with E-state index in [0.717, 1.165) is 3.57 Å². The van der Waals surface area contributed by atoms with Crippen molar-refractivity contribution < 1.29 is 18.7 Å². The minimum atomic E-state index is -0.586. The Morgan fingerprint density at radius 1 is 1.28 bits per heavy atom. The van der Waals surface area contributed by atoms with Crippen LogP contribution in [0.15, 0.2) is 36.5 Å². The van der Waals surface area contributed by atoms with E-state index in [1.807, 2.05) is 28.7 Å². The molecule has 0 radical (unpaired) electrons. The van der Waals surface area contributed by atoms with Gasteiger partial charge in [0.25, 0.3) is 5.91 Å². The van der Waals surface area contributed by atoms with Crippen molar-refractivity contribution in [2.45, 2.75) is 32.4 Å². The number of benzene rings is 1. The number of hydrogen-bond acceptors (Lipinski definition) is 6. The van der Waals surface area contributed by atoms with Crippen molar-refractivity contribution in [2.24, 2.45) is 0 Å². The number of pyridine rings is 1. The molecule has 1 fully saturated rings. The van der Waals surface area contributed by atoms with E-state index in [1.165, 1.54) is 17.4 Å². The number of carbonyl (C=O) groups excluding carboxylic acids is 2. The molecule has 168 valence electrons. The first kappa shape index (κ1) is 22.7. The summed E-state index contributed by atoms with van der Waals surface area (Å²) in [6, 6.07) is 8.29. The topological polar surface area (TPSA) is 83.6 Å². The molecule has 32 heavy (non-hydrogen) atoms. The number of thiophene rings is 1. The van der Waals surface area contributed by atoms with Gasteiger partial charge in [-0.25, -0.2) is 14.2 Å². The maximum Gasteiger partial charge on any atom is 0.407 e. The second-order valence-electron chi connectivity index (χ2n) is 8.46. The lowest BCUT2D eigenvalue weighted by molar-refractivity contribution is 0.0360. The summed E-state index contributed by atoms with van der Waals surface area (Å²) in [5.74, 6) is -0.591. The van der Waals surface area contributed by atoms with Crippen LogP contribution in [0.3, 0.4) is 0 Å². The summed E-state index contributed by atoms with van der Waals surface area (Å²) in [7, 11) is 0. The Morgan fingerprint density at radius 2 is 2.03 bits per heavy atom. The van der Waals surface area contributed by atoms with E-state index in [-0.39, 0.29) is 11.9 Å². The third-order valence-electron chi connectivity index (χ3n) is 4.75. The Kier molecular flexibility index (Phi) is 6.26. The van der Waals surface area contributed by atoms with Gasteiger partial charge in [-0.2, -0.15) is 0 Å². The molecule has 1 aliphatic heterocycles. The summed E-state index contributed by atoms with van der Waals surface area (Å²) in [6.07, 6.45) is 1.16. The predicted octanol–water partition coefficient (Wildman–Crippen LogP) is 5.13. The average molecular weight is 568 g/mol. The van der Waals surface area contributed by atoms with Crippen molar-refractivity contribution in [2.75, 3.05) is 18.4 Å². The van der Waals surface area contributed by atoms with Crippen LogP contribution in [-0.4, -0.2) is 46.6 Å². The molecule has 4 rings (SSSR count). The number of nitrogens with one attached hydrogen (secondary N) is 2. The lowest BCUT2D eigenvalue weighted by Crippen LogP contribution is -2.61. The number of halogens is 2. The normalized spacial score (nSPS) is 14.2. The minimum absolute atomic E-state index is 0.179. The van der Waals surface area contributed by atoms with Gasteiger partial charge in [0.1, 0.15) is 21.2 Å². The molecule has 0 bridgehead atoms. The van der Waals surface area contributed by atoms with E-state index in [0.29, 0.717) is 39.6 Å². The number of nitrogens with zero attached hydrogens (tertiary/aromatic N) is 2. The molecular weight excluding hydrogens is 546 g/mol. The van der Waals surface area contributed by atoms with Crippen LogP contribution in [0, 0.1) is 9.39 Å². The summed E-state index contributed by atoms with van der Waals surface area (Å²) in [6.45, 7) is 6.12. The van der Waals surface area contributed by atoms with Crippen molar-refractivity contribution >= 4 is 66.8 Å². The molecule has 3 aromatic rings. The molecule has 0 atom stereocenters. The number of aromatic nitrogens is 1. The predicted molar refractivity (Wildman–Crippen MR) is 131 cm³/mol. The van der Waals surface area contributed by atoms with Gasteiger partial charge in [0.15, 0.2) is 0 Å². The van der Waals surface area contributed by atoms with Gasteiger partial charge in [-0.05, 0) is 73.7 Å². The molecule has 1 aromatic carbocycles. The molecule has 7 nitrogen and oxygen atoms in total. The van der Waals surface area contributed by atoms with Crippen LogP contribution in [-0.2, 0) is 4.74 Å². The van der Waals surface area contributed by atoms with Crippen molar-refractivity contribution in [1.82, 2.24) is 15.2 Å². The summed E-state index contributed by atoms with van der Waals surface area (Å²) >= 11 is 3.35. The number of anilines is 2. The van der Waals surface area contributed by atoms with Gasteiger partial charge < -0.3 is 20.3 Å². The molecule has 0 spiro atoms. The van der Waals surface area contributed by atoms with Crippen LogP contribution >= 0.6 is 33.9 Å². The number of rotatable bonds is 4. The average Bonchev–Trinajstić information content (AvgIpc) is 3.02. The summed E-state index contributed by atoms with van der Waals surface area (Å²) in [4.78, 5) is 32.0. The van der Waals surface area contributed by atoms with Gasteiger partial charge in [0.2, 0.25) is 0 Å². The minimum Gasteiger partial charge on any atom is -0.444 e. The molecule has 0 saturated carbocycles. The Bertz CT molecular complexity index is 1190. The second-order valence-corrected chi connectivity index (χ2v) is 10.7. The third kappa shape index (κ3) is 4.96. The van der Waals surface area contributed by atoms with E-state index in [9.17, 15) is 14.0 Å². The smallest absolute Gasteiger partial charge is 0.407 e. The zero-order valence-corrected chi connectivity index (χ0v) is 20.7. The van der Waals surface area contributed by atoms with E-state index in [2.05, 4.69) is 15.6 Å². The summed E-state index contributed by atoms with van der Waals surface area (Å²) < 4.78 is 20.5. The molecule has 2 N–H and O–H groups in total. The Hall–Kier alpha value is -2.47. The lowest BCUT2D eigenvalue weighted by Gasteiger charge is -2.39. The fourth-order valence-corrected chi connectivity index (χ4v) is 4.81. The summed E-state index contributed by atoms with van der Waals surface area (Å²) in [5, 5.41) is 7.09. The molecule has 10 heteroatoms. The van der Waals surface area contributed by atoms with Crippen LogP contribution in [0.1, 0.15) is 31.1 Å². The molecular formula is C22H22FIN4O3S. The maximum absolute atomic E-state index is 14.4. The van der Waals surface area contributed by atoms with Gasteiger partial charge in [-0.1, -0.05) is 11.3 Å². The van der Waals surface area contributed by atoms with Crippen molar-refractivity contribution in [3.05, 3.63) is 51.5 Å². The first-order valence-electron chi connectivity index (χ1n) is 9.99. The number of likely N-dealkylation sites (tertiary alicyclic amines) is 1. The largest absolute Gasteiger partial charge is 0.444 e. The van der Waals surface area contributed by atoms with E-state index in [1.54, 1.807) is 50.1 Å². The highest BCUT2D eigenvalue weighted by Crippen LogP contribution is 2.38. The Balaban J connectivity index is 1.53. The van der Waals surface area contributed by atoms with Crippen LogP contribution in [0.4, 0.5) is 19.9 Å². The monoisotopic (exact) mass is 568 g/mol. The molecule has 0 aliphatic carbocycles. The van der Waals surface area contributed by atoms with Gasteiger partial charge in [0.05, 0.1) is 17.3 Å². The standard InChI is InChI=1S/C22H22FIN4O3S/c1-22(2,3)31-21(30)26-13-10-28(11-13)20(29)17-14-5-4-8-25-18(14)32-19(17)27-16-7-6-12(24)9-15(16)23/h4-9,13,27H,10-11H2,1-3H3,(H,26,30). The highest BCUT2D eigenvalue weighted by molar-refractivity contribution is 14.1. The number of amides is 2. The van der Waals surface area contributed by atoms with E-state index >= 15 is 0 Å². The second kappa shape index (κ2) is 8.81. The Morgan fingerprint density at radius 3 is 2.72 bits per heavy atom. The fraction of sp³-hybridized carbons (Fsp3) is 0.318. The molecule has 2 amide bonds. The first-order valence-corrected chi connectivity index (χ1v) is 11.9.